The number of alkyl halides is 4. The molecule has 2 aromatic rings. The van der Waals surface area contributed by atoms with Gasteiger partial charge in [-0.1, -0.05) is 6.07 Å². The molecule has 1 atom stereocenters. The largest absolute Gasteiger partial charge is 0.441 e. The Morgan fingerprint density at radius 3 is 2.70 bits per heavy atom. The SMILES string of the molecule is Cc1ccc2c(c1)nc(C(C)Cl)n2CCSC(F)(F)F. The van der Waals surface area contributed by atoms with Gasteiger partial charge >= 0.3 is 5.51 Å². The molecule has 0 bridgehead atoms. The lowest BCUT2D eigenvalue weighted by atomic mass is 10.2. The van der Waals surface area contributed by atoms with Gasteiger partial charge < -0.3 is 4.57 Å². The van der Waals surface area contributed by atoms with Gasteiger partial charge in [0.15, 0.2) is 0 Å². The summed E-state index contributed by atoms with van der Waals surface area (Å²) in [6.45, 7) is 3.95. The number of hydrogen-bond donors (Lipinski definition) is 0. The molecule has 1 aromatic carbocycles. The van der Waals surface area contributed by atoms with Crippen molar-refractivity contribution in [3.63, 3.8) is 0 Å². The smallest absolute Gasteiger partial charge is 0.326 e. The summed E-state index contributed by atoms with van der Waals surface area (Å²) in [4.78, 5) is 4.43. The Labute approximate surface area is 124 Å². The molecule has 7 heteroatoms. The molecule has 0 fully saturated rings. The lowest BCUT2D eigenvalue weighted by molar-refractivity contribution is -0.0328. The predicted octanol–water partition coefficient (Wildman–Crippen LogP) is 4.90. The van der Waals surface area contributed by atoms with Crippen LogP contribution in [0.4, 0.5) is 13.2 Å². The molecule has 0 aliphatic rings. The Morgan fingerprint density at radius 1 is 1.40 bits per heavy atom. The van der Waals surface area contributed by atoms with Crippen molar-refractivity contribution >= 4 is 34.4 Å². The highest BCUT2D eigenvalue weighted by Crippen LogP contribution is 2.31. The molecule has 0 saturated carbocycles. The average Bonchev–Trinajstić information content (AvgIpc) is 2.66. The van der Waals surface area contributed by atoms with Gasteiger partial charge in [-0.05, 0) is 43.3 Å². The molecule has 0 spiro atoms. The van der Waals surface area contributed by atoms with Gasteiger partial charge in [-0.2, -0.15) is 13.2 Å². The van der Waals surface area contributed by atoms with E-state index in [4.69, 9.17) is 11.6 Å². The van der Waals surface area contributed by atoms with E-state index in [2.05, 4.69) is 4.98 Å². The summed E-state index contributed by atoms with van der Waals surface area (Å²) in [5.74, 6) is 0.550. The van der Waals surface area contributed by atoms with Crippen molar-refractivity contribution < 1.29 is 13.2 Å². The van der Waals surface area contributed by atoms with Gasteiger partial charge in [0.25, 0.3) is 0 Å². The molecule has 1 aromatic heterocycles. The fourth-order valence-corrected chi connectivity index (χ4v) is 2.72. The van der Waals surface area contributed by atoms with E-state index in [0.29, 0.717) is 5.82 Å². The lowest BCUT2D eigenvalue weighted by Crippen LogP contribution is -2.10. The van der Waals surface area contributed by atoms with Crippen LogP contribution >= 0.6 is 23.4 Å². The molecule has 0 aliphatic heterocycles. The number of benzene rings is 1. The van der Waals surface area contributed by atoms with Crippen molar-refractivity contribution in [2.75, 3.05) is 5.75 Å². The third-order valence-electron chi connectivity index (χ3n) is 2.87. The van der Waals surface area contributed by atoms with Crippen LogP contribution in [0.2, 0.25) is 0 Å². The maximum absolute atomic E-state index is 12.2. The molecule has 20 heavy (non-hydrogen) atoms. The topological polar surface area (TPSA) is 17.8 Å². The van der Waals surface area contributed by atoms with E-state index < -0.39 is 5.51 Å². The number of halogens is 4. The summed E-state index contributed by atoms with van der Waals surface area (Å²) in [5.41, 5.74) is -1.56. The Balaban J connectivity index is 2.32. The number of thioether (sulfide) groups is 1. The monoisotopic (exact) mass is 322 g/mol. The number of fused-ring (bicyclic) bond motifs is 1. The van der Waals surface area contributed by atoms with Crippen LogP contribution < -0.4 is 0 Å². The highest BCUT2D eigenvalue weighted by Gasteiger charge is 2.28. The summed E-state index contributed by atoms with van der Waals surface area (Å²) in [6.07, 6.45) is 0. The molecule has 0 aliphatic carbocycles. The molecule has 2 rings (SSSR count). The first-order valence-electron chi connectivity index (χ1n) is 6.09. The minimum atomic E-state index is -4.21. The number of nitrogens with zero attached hydrogens (tertiary/aromatic N) is 2. The standard InChI is InChI=1S/C13H14ClF3N2S/c1-8-3-4-11-10(7-8)18-12(9(2)14)19(11)5-6-20-13(15,16)17/h3-4,7,9H,5-6H2,1-2H3. The van der Waals surface area contributed by atoms with Crippen LogP contribution in [0.3, 0.4) is 0 Å². The van der Waals surface area contributed by atoms with Gasteiger partial charge in [0.1, 0.15) is 5.82 Å². The van der Waals surface area contributed by atoms with E-state index >= 15 is 0 Å². The zero-order valence-electron chi connectivity index (χ0n) is 11.0. The van der Waals surface area contributed by atoms with E-state index in [1.165, 1.54) is 0 Å². The maximum atomic E-state index is 12.2. The van der Waals surface area contributed by atoms with Gasteiger partial charge in [-0.25, -0.2) is 4.98 Å². The van der Waals surface area contributed by atoms with E-state index in [1.54, 1.807) is 11.5 Å². The Kier molecular flexibility index (Phi) is 4.54. The highest BCUT2D eigenvalue weighted by molar-refractivity contribution is 8.00. The summed E-state index contributed by atoms with van der Waals surface area (Å²) in [5, 5.41) is -0.349. The van der Waals surface area contributed by atoms with E-state index in [-0.39, 0.29) is 29.4 Å². The number of hydrogen-bond acceptors (Lipinski definition) is 2. The summed E-state index contributed by atoms with van der Waals surface area (Å²) < 4.78 is 38.4. The van der Waals surface area contributed by atoms with Crippen LogP contribution in [-0.2, 0) is 6.54 Å². The summed E-state index contributed by atoms with van der Waals surface area (Å²) in [7, 11) is 0. The second-order valence-corrected chi connectivity index (χ2v) is 6.34. The molecular formula is C13H14ClF3N2S. The fraction of sp³-hybridized carbons (Fsp3) is 0.462. The van der Waals surface area contributed by atoms with Crippen LogP contribution in [0.25, 0.3) is 11.0 Å². The molecular weight excluding hydrogens is 309 g/mol. The van der Waals surface area contributed by atoms with Crippen molar-refractivity contribution in [2.24, 2.45) is 0 Å². The van der Waals surface area contributed by atoms with Crippen LogP contribution in [0.5, 0.6) is 0 Å². The van der Waals surface area contributed by atoms with E-state index in [9.17, 15) is 13.2 Å². The van der Waals surface area contributed by atoms with Crippen LogP contribution in [0.15, 0.2) is 18.2 Å². The Bertz CT molecular complexity index is 607. The molecule has 1 heterocycles. The van der Waals surface area contributed by atoms with Crippen molar-refractivity contribution in [1.82, 2.24) is 9.55 Å². The molecule has 0 saturated heterocycles. The van der Waals surface area contributed by atoms with Crippen molar-refractivity contribution in [2.45, 2.75) is 31.3 Å². The highest BCUT2D eigenvalue weighted by atomic mass is 35.5. The number of aromatic nitrogens is 2. The first kappa shape index (κ1) is 15.5. The van der Waals surface area contributed by atoms with Gasteiger partial charge in [0.05, 0.1) is 16.4 Å². The molecule has 0 radical (unpaired) electrons. The van der Waals surface area contributed by atoms with Crippen LogP contribution in [0, 0.1) is 6.92 Å². The zero-order chi connectivity index (χ0) is 14.9. The quantitative estimate of drug-likeness (QED) is 0.745. The number of imidazole rings is 1. The maximum Gasteiger partial charge on any atom is 0.441 e. The lowest BCUT2D eigenvalue weighted by Gasteiger charge is -2.11. The molecule has 1 unspecified atom stereocenters. The van der Waals surface area contributed by atoms with E-state index in [0.717, 1.165) is 16.6 Å². The third-order valence-corrected chi connectivity index (χ3v) is 3.78. The minimum Gasteiger partial charge on any atom is -0.326 e. The number of aryl methyl sites for hydroxylation is 2. The first-order chi connectivity index (χ1) is 9.28. The minimum absolute atomic E-state index is 0.0278. The van der Waals surface area contributed by atoms with Crippen molar-refractivity contribution in [3.8, 4) is 0 Å². The van der Waals surface area contributed by atoms with Crippen molar-refractivity contribution in [3.05, 3.63) is 29.6 Å². The van der Waals surface area contributed by atoms with Gasteiger partial charge in [0, 0.05) is 12.3 Å². The third kappa shape index (κ3) is 3.61. The molecule has 110 valence electrons. The second-order valence-electron chi connectivity index (χ2n) is 4.52. The number of rotatable bonds is 4. The average molecular weight is 323 g/mol. The van der Waals surface area contributed by atoms with Gasteiger partial charge in [0.2, 0.25) is 0 Å². The first-order valence-corrected chi connectivity index (χ1v) is 7.51. The normalized spacial score (nSPS) is 13.9. The van der Waals surface area contributed by atoms with Crippen LogP contribution in [0.1, 0.15) is 23.7 Å². The second kappa shape index (κ2) is 5.85. The van der Waals surface area contributed by atoms with E-state index in [1.807, 2.05) is 25.1 Å². The molecule has 0 amide bonds. The zero-order valence-corrected chi connectivity index (χ0v) is 12.6. The fourth-order valence-electron chi connectivity index (χ4n) is 2.05. The molecule has 0 N–H and O–H groups in total. The van der Waals surface area contributed by atoms with Gasteiger partial charge in [-0.3, -0.25) is 0 Å². The van der Waals surface area contributed by atoms with Crippen molar-refractivity contribution in [1.29, 1.82) is 0 Å². The molecule has 2 nitrogen and oxygen atoms in total. The summed E-state index contributed by atoms with van der Waals surface area (Å²) >= 11 is 6.05. The van der Waals surface area contributed by atoms with Crippen LogP contribution in [-0.4, -0.2) is 20.8 Å². The Hall–Kier alpha value is -0.880. The Morgan fingerprint density at radius 2 is 2.10 bits per heavy atom. The van der Waals surface area contributed by atoms with Gasteiger partial charge in [-0.15, -0.1) is 11.6 Å². The summed E-state index contributed by atoms with van der Waals surface area (Å²) in [6, 6.07) is 5.70. The predicted molar refractivity (Wildman–Crippen MR) is 77.3 cm³/mol.